The summed E-state index contributed by atoms with van der Waals surface area (Å²) in [4.78, 5) is 4.22. The van der Waals surface area contributed by atoms with Gasteiger partial charge in [0, 0.05) is 21.6 Å². The van der Waals surface area contributed by atoms with Crippen molar-refractivity contribution in [3.8, 4) is 0 Å². The molecule has 0 radical (unpaired) electrons. The van der Waals surface area contributed by atoms with Crippen molar-refractivity contribution in [2.45, 2.75) is 6.61 Å². The highest BCUT2D eigenvalue weighted by Crippen LogP contribution is 2.24. The molecule has 0 bridgehead atoms. The average Bonchev–Trinajstić information content (AvgIpc) is 2.19. The van der Waals surface area contributed by atoms with Gasteiger partial charge in [-0.3, -0.25) is 4.98 Å². The minimum atomic E-state index is 0.0286. The first-order chi connectivity index (χ1) is 6.33. The molecule has 13 heavy (non-hydrogen) atoms. The van der Waals surface area contributed by atoms with Crippen molar-refractivity contribution < 1.29 is 5.11 Å². The van der Waals surface area contributed by atoms with Crippen LogP contribution < -0.4 is 0 Å². The van der Waals surface area contributed by atoms with Crippen molar-refractivity contribution in [1.29, 1.82) is 0 Å². The van der Waals surface area contributed by atoms with E-state index in [9.17, 15) is 0 Å². The second-order valence-electron chi connectivity index (χ2n) is 2.76. The largest absolute Gasteiger partial charge is 0.392 e. The van der Waals surface area contributed by atoms with Crippen molar-refractivity contribution in [1.82, 2.24) is 4.98 Å². The van der Waals surface area contributed by atoms with E-state index in [1.54, 1.807) is 6.20 Å². The van der Waals surface area contributed by atoms with Crippen LogP contribution in [0.1, 0.15) is 5.56 Å². The normalized spacial score (nSPS) is 10.6. The van der Waals surface area contributed by atoms with Crippen molar-refractivity contribution in [2.24, 2.45) is 0 Å². The molecular formula is C10H8BrNO. The molecule has 1 N–H and O–H groups in total. The zero-order valence-corrected chi connectivity index (χ0v) is 8.45. The summed E-state index contributed by atoms with van der Waals surface area (Å²) in [6.45, 7) is 0.0286. The van der Waals surface area contributed by atoms with Gasteiger partial charge < -0.3 is 5.11 Å². The molecule has 1 aromatic carbocycles. The number of rotatable bonds is 1. The lowest BCUT2D eigenvalue weighted by Crippen LogP contribution is -1.88. The number of nitrogens with zero attached hydrogens (tertiary/aromatic N) is 1. The number of hydrogen-bond acceptors (Lipinski definition) is 2. The first-order valence-corrected chi connectivity index (χ1v) is 4.75. The minimum Gasteiger partial charge on any atom is -0.392 e. The maximum absolute atomic E-state index is 9.07. The van der Waals surface area contributed by atoms with Crippen LogP contribution in [-0.4, -0.2) is 10.1 Å². The fourth-order valence-corrected chi connectivity index (χ4v) is 1.78. The predicted octanol–water partition coefficient (Wildman–Crippen LogP) is 2.49. The molecule has 1 aromatic heterocycles. The molecule has 66 valence electrons. The summed E-state index contributed by atoms with van der Waals surface area (Å²) in [6.07, 6.45) is 1.73. The van der Waals surface area contributed by atoms with Crippen LogP contribution in [0.5, 0.6) is 0 Å². The number of halogens is 1. The van der Waals surface area contributed by atoms with Gasteiger partial charge in [-0.05, 0) is 12.1 Å². The summed E-state index contributed by atoms with van der Waals surface area (Å²) in [6, 6.07) is 7.66. The Hall–Kier alpha value is -0.930. The Labute approximate surface area is 84.4 Å². The third kappa shape index (κ3) is 1.45. The van der Waals surface area contributed by atoms with Gasteiger partial charge in [0.15, 0.2) is 0 Å². The van der Waals surface area contributed by atoms with Crippen LogP contribution in [0.3, 0.4) is 0 Å². The lowest BCUT2D eigenvalue weighted by molar-refractivity contribution is 0.283. The summed E-state index contributed by atoms with van der Waals surface area (Å²) in [5.41, 5.74) is 1.72. The van der Waals surface area contributed by atoms with Crippen LogP contribution >= 0.6 is 15.9 Å². The number of pyridine rings is 1. The van der Waals surface area contributed by atoms with E-state index in [2.05, 4.69) is 20.9 Å². The molecule has 0 amide bonds. The van der Waals surface area contributed by atoms with Gasteiger partial charge in [-0.25, -0.2) is 0 Å². The van der Waals surface area contributed by atoms with Crippen molar-refractivity contribution in [3.63, 3.8) is 0 Å². The van der Waals surface area contributed by atoms with Gasteiger partial charge in [-0.2, -0.15) is 0 Å². The van der Waals surface area contributed by atoms with Gasteiger partial charge in [-0.15, -0.1) is 0 Å². The van der Waals surface area contributed by atoms with Crippen LogP contribution in [-0.2, 0) is 6.61 Å². The van der Waals surface area contributed by atoms with Crippen molar-refractivity contribution in [2.75, 3.05) is 0 Å². The summed E-state index contributed by atoms with van der Waals surface area (Å²) < 4.78 is 1.01. The molecule has 2 rings (SSSR count). The maximum atomic E-state index is 9.07. The van der Waals surface area contributed by atoms with E-state index in [0.29, 0.717) is 0 Å². The fraction of sp³-hybridized carbons (Fsp3) is 0.100. The Kier molecular flexibility index (Phi) is 2.29. The molecule has 0 aliphatic carbocycles. The Morgan fingerprint density at radius 2 is 2.15 bits per heavy atom. The molecule has 2 nitrogen and oxygen atoms in total. The molecular weight excluding hydrogens is 230 g/mol. The maximum Gasteiger partial charge on any atom is 0.0768 e. The highest BCUT2D eigenvalue weighted by atomic mass is 79.9. The second kappa shape index (κ2) is 3.44. The molecule has 0 spiro atoms. The van der Waals surface area contributed by atoms with Gasteiger partial charge >= 0.3 is 0 Å². The van der Waals surface area contributed by atoms with Gasteiger partial charge in [0.1, 0.15) is 0 Å². The molecule has 0 saturated heterocycles. The standard InChI is InChI=1S/C10H8BrNO/c11-9-4-3-7(6-13)10-8(9)2-1-5-12-10/h1-5,13H,6H2. The number of aliphatic hydroxyl groups is 1. The van der Waals surface area contributed by atoms with Crippen LogP contribution in [0.25, 0.3) is 10.9 Å². The molecule has 0 fully saturated rings. The van der Waals surface area contributed by atoms with E-state index in [4.69, 9.17) is 5.11 Å². The number of aliphatic hydroxyl groups excluding tert-OH is 1. The molecule has 1 heterocycles. The monoisotopic (exact) mass is 237 g/mol. The molecule has 3 heteroatoms. The molecule has 0 unspecified atom stereocenters. The van der Waals surface area contributed by atoms with Crippen LogP contribution in [0.2, 0.25) is 0 Å². The first kappa shape index (κ1) is 8.66. The quantitative estimate of drug-likeness (QED) is 0.827. The molecule has 0 atom stereocenters. The lowest BCUT2D eigenvalue weighted by Gasteiger charge is -2.03. The minimum absolute atomic E-state index is 0.0286. The zero-order valence-electron chi connectivity index (χ0n) is 6.87. The highest BCUT2D eigenvalue weighted by Gasteiger charge is 2.03. The lowest BCUT2D eigenvalue weighted by atomic mass is 10.1. The van der Waals surface area contributed by atoms with E-state index < -0.39 is 0 Å². The van der Waals surface area contributed by atoms with Crippen LogP contribution in [0.15, 0.2) is 34.9 Å². The third-order valence-electron chi connectivity index (χ3n) is 1.97. The van der Waals surface area contributed by atoms with Crippen LogP contribution in [0.4, 0.5) is 0 Å². The number of aromatic nitrogens is 1. The fourth-order valence-electron chi connectivity index (χ4n) is 1.32. The van der Waals surface area contributed by atoms with Gasteiger partial charge in [0.2, 0.25) is 0 Å². The highest BCUT2D eigenvalue weighted by molar-refractivity contribution is 9.10. The SMILES string of the molecule is OCc1ccc(Br)c2cccnc12. The number of benzene rings is 1. The van der Waals surface area contributed by atoms with Crippen LogP contribution in [0, 0.1) is 0 Å². The van der Waals surface area contributed by atoms with E-state index in [-0.39, 0.29) is 6.61 Å². The number of hydrogen-bond donors (Lipinski definition) is 1. The number of fused-ring (bicyclic) bond motifs is 1. The second-order valence-corrected chi connectivity index (χ2v) is 3.62. The van der Waals surface area contributed by atoms with E-state index in [0.717, 1.165) is 20.9 Å². The average molecular weight is 238 g/mol. The topological polar surface area (TPSA) is 33.1 Å². The Bertz CT molecular complexity index is 442. The van der Waals surface area contributed by atoms with Gasteiger partial charge in [-0.1, -0.05) is 28.1 Å². The Morgan fingerprint density at radius 3 is 2.92 bits per heavy atom. The van der Waals surface area contributed by atoms with Gasteiger partial charge in [0.05, 0.1) is 12.1 Å². The van der Waals surface area contributed by atoms with Gasteiger partial charge in [0.25, 0.3) is 0 Å². The molecule has 2 aromatic rings. The molecule has 0 aliphatic heterocycles. The zero-order chi connectivity index (χ0) is 9.26. The Morgan fingerprint density at radius 1 is 1.31 bits per heavy atom. The van der Waals surface area contributed by atoms with E-state index >= 15 is 0 Å². The smallest absolute Gasteiger partial charge is 0.0768 e. The summed E-state index contributed by atoms with van der Waals surface area (Å²) >= 11 is 3.44. The predicted molar refractivity (Wildman–Crippen MR) is 55.4 cm³/mol. The van der Waals surface area contributed by atoms with E-state index in [1.807, 2.05) is 24.3 Å². The summed E-state index contributed by atoms with van der Waals surface area (Å²) in [5.74, 6) is 0. The molecule has 0 aliphatic rings. The first-order valence-electron chi connectivity index (χ1n) is 3.96. The summed E-state index contributed by atoms with van der Waals surface area (Å²) in [7, 11) is 0. The van der Waals surface area contributed by atoms with Crippen molar-refractivity contribution >= 4 is 26.8 Å². The Balaban J connectivity index is 2.84. The third-order valence-corrected chi connectivity index (χ3v) is 2.66. The molecule has 0 saturated carbocycles. The summed E-state index contributed by atoms with van der Waals surface area (Å²) in [5, 5.41) is 10.1. The van der Waals surface area contributed by atoms with Crippen molar-refractivity contribution in [3.05, 3.63) is 40.5 Å². The van der Waals surface area contributed by atoms with E-state index in [1.165, 1.54) is 0 Å².